The van der Waals surface area contributed by atoms with Gasteiger partial charge in [0, 0.05) is 24.7 Å². The van der Waals surface area contributed by atoms with Crippen molar-refractivity contribution in [2.24, 2.45) is 5.73 Å². The normalized spacial score (nSPS) is 10.6. The van der Waals surface area contributed by atoms with Crippen LogP contribution in [-0.4, -0.2) is 10.5 Å². The van der Waals surface area contributed by atoms with Crippen molar-refractivity contribution in [2.75, 3.05) is 0 Å². The highest BCUT2D eigenvalue weighted by atomic mass is 16.1. The number of aryl methyl sites for hydroxylation is 1. The fourth-order valence-corrected chi connectivity index (χ4v) is 1.57. The van der Waals surface area contributed by atoms with Crippen LogP contribution >= 0.6 is 0 Å². The van der Waals surface area contributed by atoms with Gasteiger partial charge in [-0.15, -0.1) is 0 Å². The summed E-state index contributed by atoms with van der Waals surface area (Å²) in [5, 5.41) is 1.19. The third-order valence-electron chi connectivity index (χ3n) is 2.28. The van der Waals surface area contributed by atoms with E-state index in [9.17, 15) is 4.79 Å². The molecule has 2 aromatic rings. The monoisotopic (exact) mass is 188 g/mol. The average Bonchev–Trinajstić information content (AvgIpc) is 2.58. The zero-order chi connectivity index (χ0) is 9.97. The quantitative estimate of drug-likeness (QED) is 0.779. The van der Waals surface area contributed by atoms with Crippen LogP contribution in [-0.2, 0) is 11.3 Å². The molecule has 2 rings (SSSR count). The Morgan fingerprint density at radius 2 is 2.07 bits per heavy atom. The number of carbonyl (C=O) groups is 1. The van der Waals surface area contributed by atoms with Gasteiger partial charge < -0.3 is 10.3 Å². The van der Waals surface area contributed by atoms with Crippen molar-refractivity contribution >= 4 is 16.8 Å². The summed E-state index contributed by atoms with van der Waals surface area (Å²) in [4.78, 5) is 10.6. The molecule has 0 bridgehead atoms. The standard InChI is InChI=1S/C11H12N2O/c12-11(14)6-8-13-7-5-9-3-1-2-4-10(9)13/h1-5,7H,6,8H2,(H2,12,14). The second-order valence-electron chi connectivity index (χ2n) is 3.28. The Balaban J connectivity index is 2.29. The van der Waals surface area contributed by atoms with Crippen molar-refractivity contribution in [1.29, 1.82) is 0 Å². The van der Waals surface area contributed by atoms with Crippen LogP contribution < -0.4 is 5.73 Å². The third kappa shape index (κ3) is 1.62. The molecule has 1 aromatic carbocycles. The van der Waals surface area contributed by atoms with E-state index in [2.05, 4.69) is 6.07 Å². The zero-order valence-corrected chi connectivity index (χ0v) is 7.81. The largest absolute Gasteiger partial charge is 0.370 e. The zero-order valence-electron chi connectivity index (χ0n) is 7.81. The molecular weight excluding hydrogens is 176 g/mol. The van der Waals surface area contributed by atoms with E-state index in [0.29, 0.717) is 13.0 Å². The topological polar surface area (TPSA) is 48.0 Å². The molecule has 0 aliphatic carbocycles. The summed E-state index contributed by atoms with van der Waals surface area (Å²) >= 11 is 0. The maximum Gasteiger partial charge on any atom is 0.219 e. The highest BCUT2D eigenvalue weighted by Gasteiger charge is 2.00. The molecule has 2 N–H and O–H groups in total. The van der Waals surface area contributed by atoms with E-state index in [1.165, 1.54) is 5.39 Å². The summed E-state index contributed by atoms with van der Waals surface area (Å²) < 4.78 is 2.04. The van der Waals surface area contributed by atoms with Gasteiger partial charge >= 0.3 is 0 Å². The molecule has 0 saturated carbocycles. The first kappa shape index (κ1) is 8.81. The van der Waals surface area contributed by atoms with E-state index in [4.69, 9.17) is 5.73 Å². The molecule has 1 aromatic heterocycles. The van der Waals surface area contributed by atoms with Crippen LogP contribution in [0.1, 0.15) is 6.42 Å². The Morgan fingerprint density at radius 1 is 1.29 bits per heavy atom. The van der Waals surface area contributed by atoms with Gasteiger partial charge in [-0.05, 0) is 17.5 Å². The minimum Gasteiger partial charge on any atom is -0.370 e. The fourth-order valence-electron chi connectivity index (χ4n) is 1.57. The van der Waals surface area contributed by atoms with Crippen molar-refractivity contribution < 1.29 is 4.79 Å². The minimum absolute atomic E-state index is 0.261. The number of aromatic nitrogens is 1. The molecule has 0 saturated heterocycles. The number of fused-ring (bicyclic) bond motifs is 1. The maximum absolute atomic E-state index is 10.6. The van der Waals surface area contributed by atoms with Crippen LogP contribution in [0.4, 0.5) is 0 Å². The molecule has 0 fully saturated rings. The number of para-hydroxylation sites is 1. The molecule has 1 amide bonds. The summed E-state index contributed by atoms with van der Waals surface area (Å²) in [5.74, 6) is -0.261. The smallest absolute Gasteiger partial charge is 0.219 e. The number of carbonyl (C=O) groups excluding carboxylic acids is 1. The molecular formula is C11H12N2O. The Morgan fingerprint density at radius 3 is 2.86 bits per heavy atom. The maximum atomic E-state index is 10.6. The fraction of sp³-hybridized carbons (Fsp3) is 0.182. The molecule has 0 unspecified atom stereocenters. The third-order valence-corrected chi connectivity index (χ3v) is 2.28. The van der Waals surface area contributed by atoms with E-state index in [-0.39, 0.29) is 5.91 Å². The Bertz CT molecular complexity index is 459. The van der Waals surface area contributed by atoms with Crippen molar-refractivity contribution in [3.8, 4) is 0 Å². The summed E-state index contributed by atoms with van der Waals surface area (Å²) in [5.41, 5.74) is 6.25. The second-order valence-corrected chi connectivity index (χ2v) is 3.28. The number of nitrogens with zero attached hydrogens (tertiary/aromatic N) is 1. The highest BCUT2D eigenvalue weighted by molar-refractivity contribution is 5.80. The number of hydrogen-bond acceptors (Lipinski definition) is 1. The molecule has 3 nitrogen and oxygen atoms in total. The van der Waals surface area contributed by atoms with E-state index in [0.717, 1.165) is 5.52 Å². The van der Waals surface area contributed by atoms with Crippen LogP contribution in [0.25, 0.3) is 10.9 Å². The van der Waals surface area contributed by atoms with Crippen molar-refractivity contribution in [3.05, 3.63) is 36.5 Å². The number of nitrogens with two attached hydrogens (primary N) is 1. The van der Waals surface area contributed by atoms with Gasteiger partial charge in [-0.2, -0.15) is 0 Å². The summed E-state index contributed by atoms with van der Waals surface area (Å²) in [6.45, 7) is 0.656. The Hall–Kier alpha value is -1.77. The van der Waals surface area contributed by atoms with Gasteiger partial charge in [-0.1, -0.05) is 18.2 Å². The highest BCUT2D eigenvalue weighted by Crippen LogP contribution is 2.14. The van der Waals surface area contributed by atoms with E-state index in [1.54, 1.807) is 0 Å². The number of hydrogen-bond donors (Lipinski definition) is 1. The molecule has 1 heterocycles. The lowest BCUT2D eigenvalue weighted by molar-refractivity contribution is -0.118. The number of benzene rings is 1. The lowest BCUT2D eigenvalue weighted by Gasteiger charge is -2.02. The minimum atomic E-state index is -0.261. The molecule has 14 heavy (non-hydrogen) atoms. The predicted octanol–water partition coefficient (Wildman–Crippen LogP) is 1.52. The molecule has 0 aliphatic rings. The van der Waals surface area contributed by atoms with E-state index < -0.39 is 0 Å². The second kappa shape index (κ2) is 3.54. The number of primary amides is 1. The molecule has 3 heteroatoms. The molecule has 0 radical (unpaired) electrons. The van der Waals surface area contributed by atoms with Crippen LogP contribution in [0.5, 0.6) is 0 Å². The van der Waals surface area contributed by atoms with Gasteiger partial charge in [0.1, 0.15) is 0 Å². The Kier molecular flexibility index (Phi) is 2.23. The molecule has 72 valence electrons. The lowest BCUT2D eigenvalue weighted by Crippen LogP contribution is -2.13. The van der Waals surface area contributed by atoms with Gasteiger partial charge in [0.15, 0.2) is 0 Å². The van der Waals surface area contributed by atoms with Crippen molar-refractivity contribution in [3.63, 3.8) is 0 Å². The van der Waals surface area contributed by atoms with Crippen LogP contribution in [0.2, 0.25) is 0 Å². The molecule has 0 aliphatic heterocycles. The van der Waals surface area contributed by atoms with Gasteiger partial charge in [0.2, 0.25) is 5.91 Å². The summed E-state index contributed by atoms with van der Waals surface area (Å²) in [6.07, 6.45) is 2.37. The average molecular weight is 188 g/mol. The van der Waals surface area contributed by atoms with Crippen LogP contribution in [0.15, 0.2) is 36.5 Å². The predicted molar refractivity (Wildman–Crippen MR) is 55.7 cm³/mol. The number of amides is 1. The van der Waals surface area contributed by atoms with Crippen molar-refractivity contribution in [1.82, 2.24) is 4.57 Å². The molecule has 0 spiro atoms. The Labute approximate surface area is 82.1 Å². The summed E-state index contributed by atoms with van der Waals surface area (Å²) in [7, 11) is 0. The first-order valence-electron chi connectivity index (χ1n) is 4.59. The lowest BCUT2D eigenvalue weighted by atomic mass is 10.2. The van der Waals surface area contributed by atoms with Gasteiger partial charge in [-0.3, -0.25) is 4.79 Å². The van der Waals surface area contributed by atoms with Gasteiger partial charge in [-0.25, -0.2) is 0 Å². The van der Waals surface area contributed by atoms with E-state index in [1.807, 2.05) is 35.0 Å². The van der Waals surface area contributed by atoms with Gasteiger partial charge in [0.25, 0.3) is 0 Å². The molecule has 0 atom stereocenters. The van der Waals surface area contributed by atoms with E-state index >= 15 is 0 Å². The number of rotatable bonds is 3. The SMILES string of the molecule is NC(=O)CCn1ccc2ccccc21. The van der Waals surface area contributed by atoms with Crippen LogP contribution in [0.3, 0.4) is 0 Å². The van der Waals surface area contributed by atoms with Crippen LogP contribution in [0, 0.1) is 0 Å². The summed E-state index contributed by atoms with van der Waals surface area (Å²) in [6, 6.07) is 10.1. The first-order valence-corrected chi connectivity index (χ1v) is 4.59. The van der Waals surface area contributed by atoms with Crippen molar-refractivity contribution in [2.45, 2.75) is 13.0 Å². The van der Waals surface area contributed by atoms with Gasteiger partial charge in [0.05, 0.1) is 0 Å². The first-order chi connectivity index (χ1) is 6.77.